The Labute approximate surface area is 118 Å². The molecule has 0 bridgehead atoms. The summed E-state index contributed by atoms with van der Waals surface area (Å²) >= 11 is 0. The van der Waals surface area contributed by atoms with Crippen molar-refractivity contribution in [2.45, 2.75) is 26.3 Å². The average molecular weight is 276 g/mol. The van der Waals surface area contributed by atoms with Crippen molar-refractivity contribution in [2.75, 3.05) is 20.1 Å². The van der Waals surface area contributed by atoms with Gasteiger partial charge in [0.15, 0.2) is 0 Å². The van der Waals surface area contributed by atoms with Gasteiger partial charge in [-0.05, 0) is 32.9 Å². The number of benzene rings is 1. The van der Waals surface area contributed by atoms with Crippen molar-refractivity contribution in [2.24, 2.45) is 0 Å². The number of aryl methyl sites for hydroxylation is 1. The number of carbonyl (C=O) groups excluding carboxylic acids is 2. The smallest absolute Gasteiger partial charge is 0.258 e. The second-order valence-corrected chi connectivity index (χ2v) is 5.76. The van der Waals surface area contributed by atoms with Crippen LogP contribution in [-0.2, 0) is 4.79 Å². The number of likely N-dealkylation sites (N-methyl/N-ethyl adjacent to an activating group) is 1. The summed E-state index contributed by atoms with van der Waals surface area (Å²) in [5.41, 5.74) is 0.236. The third-order valence-corrected chi connectivity index (χ3v) is 3.83. The number of phenols is 1. The standard InChI is InChI=1S/C15H20N2O3/c1-10-5-6-12(18)11(9-10)13(19)17-8-7-16(4)14(20)15(17,2)3/h5-6,9,18H,7-8H2,1-4H3. The van der Waals surface area contributed by atoms with E-state index in [0.717, 1.165) is 5.56 Å². The van der Waals surface area contributed by atoms with Crippen LogP contribution in [0.5, 0.6) is 5.75 Å². The number of carbonyl (C=O) groups is 2. The van der Waals surface area contributed by atoms with Crippen LogP contribution in [0.2, 0.25) is 0 Å². The van der Waals surface area contributed by atoms with Crippen molar-refractivity contribution in [1.82, 2.24) is 9.80 Å². The fourth-order valence-electron chi connectivity index (χ4n) is 2.54. The van der Waals surface area contributed by atoms with Gasteiger partial charge in [0.2, 0.25) is 5.91 Å². The van der Waals surface area contributed by atoms with Crippen LogP contribution < -0.4 is 0 Å². The molecular weight excluding hydrogens is 256 g/mol. The van der Waals surface area contributed by atoms with Crippen LogP contribution in [-0.4, -0.2) is 52.4 Å². The first-order valence-corrected chi connectivity index (χ1v) is 6.62. The second kappa shape index (κ2) is 4.81. The molecule has 1 heterocycles. The van der Waals surface area contributed by atoms with E-state index >= 15 is 0 Å². The van der Waals surface area contributed by atoms with Gasteiger partial charge in [0.1, 0.15) is 11.3 Å². The molecule has 1 saturated heterocycles. The molecule has 0 saturated carbocycles. The topological polar surface area (TPSA) is 60.9 Å². The maximum atomic E-state index is 12.6. The summed E-state index contributed by atoms with van der Waals surface area (Å²) < 4.78 is 0. The van der Waals surface area contributed by atoms with E-state index in [9.17, 15) is 14.7 Å². The number of phenolic OH excluding ortho intramolecular Hbond substituents is 1. The quantitative estimate of drug-likeness (QED) is 0.843. The number of amides is 2. The number of hydrogen-bond acceptors (Lipinski definition) is 3. The normalized spacial score (nSPS) is 18.3. The predicted octanol–water partition coefficient (Wildman–Crippen LogP) is 1.39. The summed E-state index contributed by atoms with van der Waals surface area (Å²) in [5, 5.41) is 9.88. The zero-order chi connectivity index (χ0) is 15.1. The highest BCUT2D eigenvalue weighted by Gasteiger charge is 2.43. The second-order valence-electron chi connectivity index (χ2n) is 5.76. The number of piperazine rings is 1. The van der Waals surface area contributed by atoms with Gasteiger partial charge in [-0.2, -0.15) is 0 Å². The van der Waals surface area contributed by atoms with E-state index in [1.165, 1.54) is 11.0 Å². The highest BCUT2D eigenvalue weighted by atomic mass is 16.3. The van der Waals surface area contributed by atoms with Crippen LogP contribution in [0.15, 0.2) is 18.2 Å². The van der Waals surface area contributed by atoms with Gasteiger partial charge in [-0.3, -0.25) is 9.59 Å². The van der Waals surface area contributed by atoms with Crippen LogP contribution in [0.25, 0.3) is 0 Å². The van der Waals surface area contributed by atoms with Gasteiger partial charge < -0.3 is 14.9 Å². The number of aromatic hydroxyl groups is 1. The molecule has 1 fully saturated rings. The van der Waals surface area contributed by atoms with Gasteiger partial charge in [-0.1, -0.05) is 11.6 Å². The molecule has 0 unspecified atom stereocenters. The fourth-order valence-corrected chi connectivity index (χ4v) is 2.54. The van der Waals surface area contributed by atoms with Crippen LogP contribution in [0.3, 0.4) is 0 Å². The molecule has 0 radical (unpaired) electrons. The maximum Gasteiger partial charge on any atom is 0.258 e. The van der Waals surface area contributed by atoms with Gasteiger partial charge >= 0.3 is 0 Å². The Morgan fingerprint density at radius 3 is 2.60 bits per heavy atom. The molecule has 1 aliphatic heterocycles. The fraction of sp³-hybridized carbons (Fsp3) is 0.467. The Bertz CT molecular complexity index is 566. The van der Waals surface area contributed by atoms with E-state index in [0.29, 0.717) is 13.1 Å². The Kier molecular flexibility index (Phi) is 3.46. The molecule has 0 aliphatic carbocycles. The van der Waals surface area contributed by atoms with Gasteiger partial charge in [0.05, 0.1) is 5.56 Å². The Morgan fingerprint density at radius 2 is 1.95 bits per heavy atom. The molecule has 2 amide bonds. The monoisotopic (exact) mass is 276 g/mol. The van der Waals surface area contributed by atoms with Crippen LogP contribution >= 0.6 is 0 Å². The lowest BCUT2D eigenvalue weighted by molar-refractivity contribution is -0.144. The number of hydrogen-bond donors (Lipinski definition) is 1. The molecule has 20 heavy (non-hydrogen) atoms. The lowest BCUT2D eigenvalue weighted by Gasteiger charge is -2.44. The zero-order valence-corrected chi connectivity index (χ0v) is 12.3. The molecule has 0 aromatic heterocycles. The summed E-state index contributed by atoms with van der Waals surface area (Å²) in [6.07, 6.45) is 0. The molecule has 1 aromatic carbocycles. The zero-order valence-electron chi connectivity index (χ0n) is 12.3. The third-order valence-electron chi connectivity index (χ3n) is 3.83. The first-order valence-electron chi connectivity index (χ1n) is 6.62. The lowest BCUT2D eigenvalue weighted by atomic mass is 9.96. The van der Waals surface area contributed by atoms with Gasteiger partial charge in [0, 0.05) is 20.1 Å². The molecule has 2 rings (SSSR count). The van der Waals surface area contributed by atoms with Gasteiger partial charge in [-0.25, -0.2) is 0 Å². The van der Waals surface area contributed by atoms with Crippen LogP contribution in [0, 0.1) is 6.92 Å². The first-order chi connectivity index (χ1) is 9.25. The molecule has 1 aliphatic rings. The first kappa shape index (κ1) is 14.4. The minimum absolute atomic E-state index is 0.0530. The van der Waals surface area contributed by atoms with Crippen LogP contribution in [0.4, 0.5) is 0 Å². The SMILES string of the molecule is Cc1ccc(O)c(C(=O)N2CCN(C)C(=O)C2(C)C)c1. The number of rotatable bonds is 1. The van der Waals surface area contributed by atoms with Gasteiger partial charge in [-0.15, -0.1) is 0 Å². The maximum absolute atomic E-state index is 12.6. The van der Waals surface area contributed by atoms with E-state index in [-0.39, 0.29) is 23.1 Å². The molecule has 0 atom stereocenters. The van der Waals surface area contributed by atoms with Crippen molar-refractivity contribution in [1.29, 1.82) is 0 Å². The summed E-state index contributed by atoms with van der Waals surface area (Å²) in [6, 6.07) is 4.90. The van der Waals surface area contributed by atoms with E-state index in [1.807, 2.05) is 6.92 Å². The van der Waals surface area contributed by atoms with Crippen molar-refractivity contribution >= 4 is 11.8 Å². The Balaban J connectivity index is 2.38. The largest absolute Gasteiger partial charge is 0.507 e. The van der Waals surface area contributed by atoms with Crippen molar-refractivity contribution in [3.8, 4) is 5.75 Å². The molecular formula is C15H20N2O3. The predicted molar refractivity (Wildman–Crippen MR) is 75.6 cm³/mol. The summed E-state index contributed by atoms with van der Waals surface area (Å²) in [5.74, 6) is -0.454. The Morgan fingerprint density at radius 1 is 1.30 bits per heavy atom. The van der Waals surface area contributed by atoms with E-state index in [2.05, 4.69) is 0 Å². The van der Waals surface area contributed by atoms with Crippen molar-refractivity contribution in [3.63, 3.8) is 0 Å². The lowest BCUT2D eigenvalue weighted by Crippen LogP contribution is -2.63. The highest BCUT2D eigenvalue weighted by molar-refractivity contribution is 6.01. The molecule has 5 heteroatoms. The minimum Gasteiger partial charge on any atom is -0.507 e. The van der Waals surface area contributed by atoms with E-state index < -0.39 is 5.54 Å². The average Bonchev–Trinajstić information content (AvgIpc) is 2.38. The summed E-state index contributed by atoms with van der Waals surface area (Å²) in [6.45, 7) is 6.28. The summed E-state index contributed by atoms with van der Waals surface area (Å²) in [7, 11) is 1.73. The van der Waals surface area contributed by atoms with E-state index in [4.69, 9.17) is 0 Å². The minimum atomic E-state index is -0.903. The van der Waals surface area contributed by atoms with E-state index in [1.54, 1.807) is 37.9 Å². The summed E-state index contributed by atoms with van der Waals surface area (Å²) in [4.78, 5) is 28.0. The van der Waals surface area contributed by atoms with Gasteiger partial charge in [0.25, 0.3) is 5.91 Å². The molecule has 1 N–H and O–H groups in total. The third kappa shape index (κ3) is 2.24. The molecule has 108 valence electrons. The Hall–Kier alpha value is -2.04. The van der Waals surface area contributed by atoms with Crippen molar-refractivity contribution < 1.29 is 14.7 Å². The molecule has 0 spiro atoms. The molecule has 1 aromatic rings. The van der Waals surface area contributed by atoms with Crippen molar-refractivity contribution in [3.05, 3.63) is 29.3 Å². The molecule has 5 nitrogen and oxygen atoms in total. The number of nitrogens with zero attached hydrogens (tertiary/aromatic N) is 2. The van der Waals surface area contributed by atoms with Crippen LogP contribution in [0.1, 0.15) is 29.8 Å². The highest BCUT2D eigenvalue weighted by Crippen LogP contribution is 2.27.